The molecule has 1 N–H and O–H groups in total. The molecule has 0 atom stereocenters. The smallest absolute Gasteiger partial charge is 0.157 e. The Hall–Kier alpha value is -0.300. The van der Waals surface area contributed by atoms with Crippen LogP contribution in [0.15, 0.2) is 9.85 Å². The maximum Gasteiger partial charge on any atom is 0.157 e. The molecule has 0 aliphatic carbocycles. The van der Waals surface area contributed by atoms with Crippen LogP contribution in [0.25, 0.3) is 9.88 Å². The monoisotopic (exact) mass is 331 g/mol. The van der Waals surface area contributed by atoms with Crippen LogP contribution in [0.5, 0.6) is 0 Å². The molecule has 0 aliphatic heterocycles. The third-order valence-corrected chi connectivity index (χ3v) is 5.64. The van der Waals surface area contributed by atoms with Gasteiger partial charge in [0, 0.05) is 6.42 Å². The molecule has 2 rings (SSSR count). The van der Waals surface area contributed by atoms with Crippen LogP contribution in [0, 0.1) is 6.92 Å². The van der Waals surface area contributed by atoms with Crippen molar-refractivity contribution in [2.45, 2.75) is 19.8 Å². The molecule has 0 saturated heterocycles. The lowest BCUT2D eigenvalue weighted by atomic mass is 10.3. The lowest BCUT2D eigenvalue weighted by molar-refractivity contribution is 0.718. The zero-order valence-corrected chi connectivity index (χ0v) is 13.0. The predicted molar refractivity (Wildman–Crippen MR) is 77.9 cm³/mol. The molecule has 0 aliphatic rings. The number of nitrogens with zero attached hydrogens (tertiary/aromatic N) is 2. The van der Waals surface area contributed by atoms with E-state index in [2.05, 4.69) is 44.4 Å². The van der Waals surface area contributed by atoms with Crippen molar-refractivity contribution in [1.29, 1.82) is 0 Å². The number of halogens is 1. The molecule has 0 radical (unpaired) electrons. The second kappa shape index (κ2) is 6.04. The van der Waals surface area contributed by atoms with Gasteiger partial charge in [0.25, 0.3) is 0 Å². The lowest BCUT2D eigenvalue weighted by Gasteiger charge is -1.94. The second-order valence-electron chi connectivity index (χ2n) is 3.78. The molecule has 0 saturated carbocycles. The third-order valence-electron chi connectivity index (χ3n) is 2.35. The van der Waals surface area contributed by atoms with Gasteiger partial charge in [-0.05, 0) is 54.5 Å². The minimum atomic E-state index is 1.00. The summed E-state index contributed by atoms with van der Waals surface area (Å²) in [5.41, 5.74) is 1.26. The summed E-state index contributed by atoms with van der Waals surface area (Å²) in [5.74, 6) is 0. The first-order valence-electron chi connectivity index (χ1n) is 5.44. The number of thiophene rings is 1. The summed E-state index contributed by atoms with van der Waals surface area (Å²) in [6.07, 6.45) is 2.11. The average molecular weight is 332 g/mol. The van der Waals surface area contributed by atoms with Gasteiger partial charge in [-0.1, -0.05) is 11.3 Å². The predicted octanol–water partition coefficient (Wildman–Crippen LogP) is 3.49. The quantitative estimate of drug-likeness (QED) is 0.852. The molecule has 2 aromatic heterocycles. The number of aromatic nitrogens is 2. The van der Waals surface area contributed by atoms with Crippen LogP contribution in [0.1, 0.15) is 17.0 Å². The van der Waals surface area contributed by atoms with Crippen LogP contribution >= 0.6 is 38.6 Å². The highest BCUT2D eigenvalue weighted by Crippen LogP contribution is 2.36. The van der Waals surface area contributed by atoms with Gasteiger partial charge < -0.3 is 5.32 Å². The zero-order valence-electron chi connectivity index (χ0n) is 9.79. The summed E-state index contributed by atoms with van der Waals surface area (Å²) in [5, 5.41) is 13.8. The molecule has 17 heavy (non-hydrogen) atoms. The van der Waals surface area contributed by atoms with E-state index in [9.17, 15) is 0 Å². The highest BCUT2D eigenvalue weighted by Gasteiger charge is 2.10. The Kier molecular flexibility index (Phi) is 4.67. The third kappa shape index (κ3) is 3.34. The Morgan fingerprint density at radius 2 is 2.18 bits per heavy atom. The molecule has 0 unspecified atom stereocenters. The fourth-order valence-electron chi connectivity index (χ4n) is 1.44. The van der Waals surface area contributed by atoms with Gasteiger partial charge in [0.15, 0.2) is 5.01 Å². The summed E-state index contributed by atoms with van der Waals surface area (Å²) < 4.78 is 1.18. The standard InChI is InChI=1S/C11H14BrN3S2/c1-7-6-8(16-10(7)12)11-15-14-9(17-11)4-3-5-13-2/h6,13H,3-5H2,1-2H3. The van der Waals surface area contributed by atoms with Crippen LogP contribution in [0.4, 0.5) is 0 Å². The van der Waals surface area contributed by atoms with E-state index >= 15 is 0 Å². The van der Waals surface area contributed by atoms with Gasteiger partial charge in [-0.3, -0.25) is 0 Å². The first kappa shape index (κ1) is 13.1. The molecule has 2 aromatic rings. The summed E-state index contributed by atoms with van der Waals surface area (Å²) >= 11 is 6.96. The average Bonchev–Trinajstić information content (AvgIpc) is 2.88. The fraction of sp³-hybridized carbons (Fsp3) is 0.455. The van der Waals surface area contributed by atoms with Gasteiger partial charge in [0.2, 0.25) is 0 Å². The molecule has 92 valence electrons. The molecule has 6 heteroatoms. The van der Waals surface area contributed by atoms with Crippen LogP contribution in [0.2, 0.25) is 0 Å². The molecule has 0 bridgehead atoms. The molecule has 0 spiro atoms. The van der Waals surface area contributed by atoms with Crippen molar-refractivity contribution >= 4 is 38.6 Å². The minimum Gasteiger partial charge on any atom is -0.320 e. The molecule has 0 aromatic carbocycles. The normalized spacial score (nSPS) is 11.0. The van der Waals surface area contributed by atoms with E-state index in [1.165, 1.54) is 14.2 Å². The van der Waals surface area contributed by atoms with Crippen molar-refractivity contribution in [3.05, 3.63) is 20.4 Å². The van der Waals surface area contributed by atoms with Gasteiger partial charge in [0.1, 0.15) is 5.01 Å². The molecular formula is C11H14BrN3S2. The SMILES string of the molecule is CNCCCc1nnc(-c2cc(C)c(Br)s2)s1. The summed E-state index contributed by atoms with van der Waals surface area (Å²) in [6.45, 7) is 3.12. The van der Waals surface area contributed by atoms with Crippen molar-refractivity contribution in [2.24, 2.45) is 0 Å². The first-order valence-corrected chi connectivity index (χ1v) is 7.86. The van der Waals surface area contributed by atoms with E-state index in [0.717, 1.165) is 29.4 Å². The fourth-order valence-corrected chi connectivity index (χ4v) is 3.89. The molecular weight excluding hydrogens is 318 g/mol. The van der Waals surface area contributed by atoms with E-state index in [-0.39, 0.29) is 0 Å². The number of aryl methyl sites for hydroxylation is 2. The van der Waals surface area contributed by atoms with Gasteiger partial charge in [-0.15, -0.1) is 21.5 Å². The number of rotatable bonds is 5. The molecule has 0 amide bonds. The van der Waals surface area contributed by atoms with Crippen molar-refractivity contribution in [3.63, 3.8) is 0 Å². The molecule has 3 nitrogen and oxygen atoms in total. The van der Waals surface area contributed by atoms with Crippen molar-refractivity contribution in [1.82, 2.24) is 15.5 Å². The highest BCUT2D eigenvalue weighted by atomic mass is 79.9. The van der Waals surface area contributed by atoms with E-state index in [1.807, 2.05) is 7.05 Å². The maximum atomic E-state index is 4.26. The van der Waals surface area contributed by atoms with E-state index < -0.39 is 0 Å². The van der Waals surface area contributed by atoms with Gasteiger partial charge in [0.05, 0.1) is 8.66 Å². The Balaban J connectivity index is 2.07. The van der Waals surface area contributed by atoms with E-state index in [0.29, 0.717) is 0 Å². The van der Waals surface area contributed by atoms with Gasteiger partial charge in [-0.25, -0.2) is 0 Å². The van der Waals surface area contributed by atoms with E-state index in [1.54, 1.807) is 22.7 Å². The van der Waals surface area contributed by atoms with Gasteiger partial charge in [-0.2, -0.15) is 0 Å². The lowest BCUT2D eigenvalue weighted by Crippen LogP contribution is -2.08. The molecule has 2 heterocycles. The second-order valence-corrected chi connectivity index (χ2v) is 7.21. The van der Waals surface area contributed by atoms with Crippen LogP contribution in [-0.4, -0.2) is 23.8 Å². The van der Waals surface area contributed by atoms with Crippen LogP contribution in [0.3, 0.4) is 0 Å². The number of hydrogen-bond acceptors (Lipinski definition) is 5. The maximum absolute atomic E-state index is 4.26. The highest BCUT2D eigenvalue weighted by molar-refractivity contribution is 9.11. The van der Waals surface area contributed by atoms with E-state index in [4.69, 9.17) is 0 Å². The van der Waals surface area contributed by atoms with Crippen molar-refractivity contribution in [3.8, 4) is 9.88 Å². The minimum absolute atomic E-state index is 1.00. The Labute approximate surface area is 117 Å². The Morgan fingerprint density at radius 1 is 1.35 bits per heavy atom. The molecule has 0 fully saturated rings. The van der Waals surface area contributed by atoms with Crippen molar-refractivity contribution in [2.75, 3.05) is 13.6 Å². The largest absolute Gasteiger partial charge is 0.320 e. The van der Waals surface area contributed by atoms with Crippen LogP contribution in [-0.2, 0) is 6.42 Å². The van der Waals surface area contributed by atoms with Gasteiger partial charge >= 0.3 is 0 Å². The Bertz CT molecular complexity index is 473. The van der Waals surface area contributed by atoms with Crippen molar-refractivity contribution < 1.29 is 0 Å². The zero-order chi connectivity index (χ0) is 12.3. The number of hydrogen-bond donors (Lipinski definition) is 1. The summed E-state index contributed by atoms with van der Waals surface area (Å²) in [7, 11) is 1.97. The van der Waals surface area contributed by atoms with Crippen LogP contribution < -0.4 is 5.32 Å². The number of nitrogens with one attached hydrogen (secondary N) is 1. The summed E-state index contributed by atoms with van der Waals surface area (Å²) in [6, 6.07) is 2.16. The first-order chi connectivity index (χ1) is 8.20. The summed E-state index contributed by atoms with van der Waals surface area (Å²) in [4.78, 5) is 1.20. The topological polar surface area (TPSA) is 37.8 Å². The Morgan fingerprint density at radius 3 is 2.82 bits per heavy atom.